The van der Waals surface area contributed by atoms with E-state index in [1.807, 2.05) is 36.9 Å². The molecule has 1 fully saturated rings. The summed E-state index contributed by atoms with van der Waals surface area (Å²) in [6, 6.07) is 4.91. The zero-order valence-corrected chi connectivity index (χ0v) is 20.5. The van der Waals surface area contributed by atoms with Crippen LogP contribution in [0.3, 0.4) is 0 Å². The van der Waals surface area contributed by atoms with Gasteiger partial charge in [0.25, 0.3) is 0 Å². The second-order valence-electron chi connectivity index (χ2n) is 8.41. The van der Waals surface area contributed by atoms with Crippen molar-refractivity contribution in [2.24, 2.45) is 0 Å². The van der Waals surface area contributed by atoms with Crippen LogP contribution in [0.1, 0.15) is 29.5 Å². The number of carbonyl (C=O) groups is 2. The van der Waals surface area contributed by atoms with Gasteiger partial charge in [-0.25, -0.2) is 8.42 Å². The molecule has 33 heavy (non-hydrogen) atoms. The maximum Gasteiger partial charge on any atom is 0.246 e. The van der Waals surface area contributed by atoms with Gasteiger partial charge in [-0.2, -0.15) is 4.72 Å². The quantitative estimate of drug-likeness (QED) is 0.617. The Bertz CT molecular complexity index is 1100. The highest BCUT2D eigenvalue weighted by atomic mass is 32.2. The number of benzene rings is 1. The van der Waals surface area contributed by atoms with E-state index in [1.165, 1.54) is 20.8 Å². The third-order valence-electron chi connectivity index (χ3n) is 5.74. The van der Waals surface area contributed by atoms with E-state index in [4.69, 9.17) is 4.52 Å². The minimum atomic E-state index is -3.94. The number of carbonyl (C=O) groups excluding carboxylic acids is 2. The van der Waals surface area contributed by atoms with Crippen molar-refractivity contribution in [1.29, 1.82) is 0 Å². The molecule has 180 valence electrons. The molecule has 1 aliphatic rings. The Hall–Kier alpha value is -2.76. The Kier molecular flexibility index (Phi) is 7.55. The van der Waals surface area contributed by atoms with Gasteiger partial charge in [-0.15, -0.1) is 0 Å². The molecule has 1 saturated heterocycles. The monoisotopic (exact) mass is 477 g/mol. The lowest BCUT2D eigenvalue weighted by Crippen LogP contribution is -2.55. The summed E-state index contributed by atoms with van der Waals surface area (Å²) >= 11 is 0. The van der Waals surface area contributed by atoms with Crippen molar-refractivity contribution in [2.45, 2.75) is 45.6 Å². The average molecular weight is 478 g/mol. The Morgan fingerprint density at radius 3 is 2.24 bits per heavy atom. The van der Waals surface area contributed by atoms with E-state index in [1.54, 1.807) is 4.90 Å². The average Bonchev–Trinajstić information content (AvgIpc) is 3.09. The third-order valence-corrected chi connectivity index (χ3v) is 7.52. The smallest absolute Gasteiger partial charge is 0.246 e. The molecule has 0 unspecified atom stereocenters. The summed E-state index contributed by atoms with van der Waals surface area (Å²) in [6.07, 6.45) is 0. The van der Waals surface area contributed by atoms with Crippen molar-refractivity contribution >= 4 is 27.5 Å². The molecular formula is C22H31N5O5S. The molecule has 2 amide bonds. The van der Waals surface area contributed by atoms with Gasteiger partial charge in [0.05, 0.1) is 12.6 Å². The number of para-hydroxylation sites is 1. The van der Waals surface area contributed by atoms with Gasteiger partial charge in [0.1, 0.15) is 10.6 Å². The summed E-state index contributed by atoms with van der Waals surface area (Å²) in [7, 11) is -3.94. The summed E-state index contributed by atoms with van der Waals surface area (Å²) in [5.74, 6) is -0.245. The van der Waals surface area contributed by atoms with Crippen LogP contribution in [-0.2, 0) is 19.6 Å². The van der Waals surface area contributed by atoms with Gasteiger partial charge in [-0.05, 0) is 45.7 Å². The first-order chi connectivity index (χ1) is 15.5. The van der Waals surface area contributed by atoms with Gasteiger partial charge < -0.3 is 14.7 Å². The highest BCUT2D eigenvalue weighted by Gasteiger charge is 2.31. The fourth-order valence-corrected chi connectivity index (χ4v) is 5.52. The Morgan fingerprint density at radius 2 is 1.70 bits per heavy atom. The number of nitrogens with one attached hydrogen (secondary N) is 2. The number of nitrogens with zero attached hydrogens (tertiary/aromatic N) is 3. The van der Waals surface area contributed by atoms with Crippen LogP contribution in [0.4, 0.5) is 5.69 Å². The lowest BCUT2D eigenvalue weighted by atomic mass is 10.1. The molecule has 0 radical (unpaired) electrons. The molecule has 1 aliphatic heterocycles. The van der Waals surface area contributed by atoms with E-state index in [9.17, 15) is 18.0 Å². The van der Waals surface area contributed by atoms with Crippen LogP contribution in [0, 0.1) is 27.7 Å². The zero-order valence-electron chi connectivity index (χ0n) is 19.6. The summed E-state index contributed by atoms with van der Waals surface area (Å²) in [5.41, 5.74) is 3.08. The van der Waals surface area contributed by atoms with Crippen LogP contribution < -0.4 is 10.0 Å². The fraction of sp³-hybridized carbons (Fsp3) is 0.500. The van der Waals surface area contributed by atoms with Crippen molar-refractivity contribution < 1.29 is 22.5 Å². The third kappa shape index (κ3) is 5.79. The van der Waals surface area contributed by atoms with Crippen molar-refractivity contribution in [3.8, 4) is 0 Å². The number of piperazine rings is 1. The van der Waals surface area contributed by atoms with Gasteiger partial charge >= 0.3 is 0 Å². The minimum Gasteiger partial charge on any atom is -0.360 e. The van der Waals surface area contributed by atoms with Crippen LogP contribution in [0.2, 0.25) is 0 Å². The zero-order chi connectivity index (χ0) is 24.3. The van der Waals surface area contributed by atoms with E-state index in [0.717, 1.165) is 16.8 Å². The van der Waals surface area contributed by atoms with Gasteiger partial charge in [-0.3, -0.25) is 14.5 Å². The van der Waals surface area contributed by atoms with Crippen LogP contribution in [0.5, 0.6) is 0 Å². The topological polar surface area (TPSA) is 125 Å². The molecule has 2 aromatic rings. The molecule has 0 bridgehead atoms. The van der Waals surface area contributed by atoms with Gasteiger partial charge in [0.2, 0.25) is 21.8 Å². The van der Waals surface area contributed by atoms with Crippen molar-refractivity contribution in [3.05, 3.63) is 40.8 Å². The summed E-state index contributed by atoms with van der Waals surface area (Å²) in [4.78, 5) is 28.9. The van der Waals surface area contributed by atoms with Crippen LogP contribution in [0.25, 0.3) is 0 Å². The van der Waals surface area contributed by atoms with Crippen molar-refractivity contribution in [2.75, 3.05) is 38.0 Å². The number of rotatable bonds is 7. The molecule has 0 aliphatic carbocycles. The summed E-state index contributed by atoms with van der Waals surface area (Å²) in [6.45, 7) is 10.6. The molecular weight excluding hydrogens is 446 g/mol. The Labute approximate surface area is 194 Å². The summed E-state index contributed by atoms with van der Waals surface area (Å²) in [5, 5.41) is 6.64. The molecule has 0 spiro atoms. The number of aromatic nitrogens is 1. The molecule has 10 nitrogen and oxygen atoms in total. The van der Waals surface area contributed by atoms with Gasteiger partial charge in [-0.1, -0.05) is 23.4 Å². The van der Waals surface area contributed by atoms with E-state index < -0.39 is 16.1 Å². The number of amides is 2. The molecule has 1 atom stereocenters. The molecule has 1 aromatic heterocycles. The second-order valence-corrected chi connectivity index (χ2v) is 10.1. The maximum atomic E-state index is 12.8. The largest absolute Gasteiger partial charge is 0.360 e. The fourth-order valence-electron chi connectivity index (χ4n) is 3.99. The SMILES string of the molecule is Cc1cccc(C)c1NC(=O)CN1CCN(C(=O)[C@H](C)NS(=O)(=O)c2c(C)noc2C)CC1. The predicted molar refractivity (Wildman–Crippen MR) is 123 cm³/mol. The first-order valence-electron chi connectivity index (χ1n) is 10.8. The van der Waals surface area contributed by atoms with E-state index in [-0.39, 0.29) is 34.7 Å². The lowest BCUT2D eigenvalue weighted by molar-refractivity contribution is -0.134. The summed E-state index contributed by atoms with van der Waals surface area (Å²) < 4.78 is 32.7. The normalized spacial score (nSPS) is 16.0. The predicted octanol–water partition coefficient (Wildman–Crippen LogP) is 1.36. The van der Waals surface area contributed by atoms with Gasteiger partial charge in [0.15, 0.2) is 5.76 Å². The number of anilines is 1. The highest BCUT2D eigenvalue weighted by Crippen LogP contribution is 2.20. The molecule has 3 rings (SSSR count). The second kappa shape index (κ2) is 10.0. The lowest BCUT2D eigenvalue weighted by Gasteiger charge is -2.35. The van der Waals surface area contributed by atoms with E-state index >= 15 is 0 Å². The van der Waals surface area contributed by atoms with E-state index in [0.29, 0.717) is 26.2 Å². The highest BCUT2D eigenvalue weighted by molar-refractivity contribution is 7.89. The number of sulfonamides is 1. The van der Waals surface area contributed by atoms with Crippen LogP contribution >= 0.6 is 0 Å². The standard InChI is InChI=1S/C22H31N5O5S/c1-14-7-6-8-15(2)20(14)23-19(28)13-26-9-11-27(12-10-26)22(29)17(4)25-33(30,31)21-16(3)24-32-18(21)5/h6-8,17,25H,9-13H2,1-5H3,(H,23,28)/t17-/m0/s1. The number of hydrogen-bond acceptors (Lipinski definition) is 7. The maximum absolute atomic E-state index is 12.8. The number of aryl methyl sites for hydroxylation is 4. The Morgan fingerprint density at radius 1 is 1.09 bits per heavy atom. The molecule has 2 N–H and O–H groups in total. The molecule has 1 aromatic carbocycles. The van der Waals surface area contributed by atoms with Crippen LogP contribution in [-0.4, -0.2) is 74.0 Å². The van der Waals surface area contributed by atoms with Crippen LogP contribution in [0.15, 0.2) is 27.6 Å². The molecule has 2 heterocycles. The molecule has 0 saturated carbocycles. The van der Waals surface area contributed by atoms with Gasteiger partial charge in [0, 0.05) is 31.9 Å². The van der Waals surface area contributed by atoms with Crippen molar-refractivity contribution in [1.82, 2.24) is 19.7 Å². The number of hydrogen-bond donors (Lipinski definition) is 2. The first kappa shape index (κ1) is 24.9. The van der Waals surface area contributed by atoms with E-state index in [2.05, 4.69) is 15.2 Å². The Balaban J connectivity index is 1.52. The van der Waals surface area contributed by atoms with Crippen molar-refractivity contribution in [3.63, 3.8) is 0 Å². The first-order valence-corrected chi connectivity index (χ1v) is 12.3. The minimum absolute atomic E-state index is 0.0399. The molecule has 11 heteroatoms.